The number of amides is 2. The summed E-state index contributed by atoms with van der Waals surface area (Å²) in [5.41, 5.74) is 3.92. The van der Waals surface area contributed by atoms with Crippen LogP contribution in [0.2, 0.25) is 0 Å². The Morgan fingerprint density at radius 3 is 2.50 bits per heavy atom. The largest absolute Gasteiger partial charge is 0.350 e. The fourth-order valence-electron chi connectivity index (χ4n) is 3.54. The summed E-state index contributed by atoms with van der Waals surface area (Å²) in [5.74, 6) is 0.0604. The molecule has 1 unspecified atom stereocenters. The van der Waals surface area contributed by atoms with Crippen molar-refractivity contribution >= 4 is 45.0 Å². The minimum absolute atomic E-state index is 0.0674. The Morgan fingerprint density at radius 1 is 1.08 bits per heavy atom. The van der Waals surface area contributed by atoms with Gasteiger partial charge in [0, 0.05) is 36.4 Å². The first-order chi connectivity index (χ1) is 17.4. The Hall–Kier alpha value is -3.85. The number of pyridine rings is 1. The van der Waals surface area contributed by atoms with Gasteiger partial charge < -0.3 is 16.0 Å². The first-order valence-corrected chi connectivity index (χ1v) is 12.8. The van der Waals surface area contributed by atoms with Crippen LogP contribution in [-0.2, 0) is 11.2 Å². The maximum atomic E-state index is 13.1. The Morgan fingerprint density at radius 2 is 1.83 bits per heavy atom. The van der Waals surface area contributed by atoms with Crippen LogP contribution in [0.3, 0.4) is 0 Å². The number of fused-ring (bicyclic) bond motifs is 1. The zero-order valence-electron chi connectivity index (χ0n) is 21.3. The van der Waals surface area contributed by atoms with Gasteiger partial charge in [0.15, 0.2) is 5.69 Å². The number of aromatic nitrogens is 3. The summed E-state index contributed by atoms with van der Waals surface area (Å²) in [6.07, 6.45) is 4.18. The van der Waals surface area contributed by atoms with E-state index >= 15 is 0 Å². The summed E-state index contributed by atoms with van der Waals surface area (Å²) < 4.78 is 0.772. The number of anilines is 2. The molecule has 1 aromatic carbocycles. The van der Waals surface area contributed by atoms with Crippen molar-refractivity contribution in [1.29, 1.82) is 0 Å². The minimum Gasteiger partial charge on any atom is -0.350 e. The summed E-state index contributed by atoms with van der Waals surface area (Å²) >= 11 is 1.51. The normalized spacial score (nSPS) is 11.2. The number of nitrogens with one attached hydrogen (secondary N) is 3. The molecule has 0 spiro atoms. The topological polar surface area (TPSA) is 109 Å². The lowest BCUT2D eigenvalue weighted by atomic mass is 10.1. The van der Waals surface area contributed by atoms with Gasteiger partial charge >= 0.3 is 0 Å². The maximum Gasteiger partial charge on any atom is 0.271 e. The van der Waals surface area contributed by atoms with E-state index in [2.05, 4.69) is 30.9 Å². The second kappa shape index (κ2) is 12.7. The van der Waals surface area contributed by atoms with Gasteiger partial charge in [-0.05, 0) is 55.7 Å². The van der Waals surface area contributed by atoms with Gasteiger partial charge in [-0.2, -0.15) is 0 Å². The summed E-state index contributed by atoms with van der Waals surface area (Å²) in [5, 5.41) is 9.01. The summed E-state index contributed by atoms with van der Waals surface area (Å²) in [7, 11) is 0. The molecule has 0 aliphatic rings. The number of rotatable bonds is 8. The predicted molar refractivity (Wildman–Crippen MR) is 147 cm³/mol. The lowest BCUT2D eigenvalue weighted by Crippen LogP contribution is -2.27. The molecule has 0 saturated carbocycles. The maximum absolute atomic E-state index is 13.1. The Balaban J connectivity index is 0.00000176. The van der Waals surface area contributed by atoms with Gasteiger partial charge in [-0.25, -0.2) is 9.97 Å². The molecule has 0 radical (unpaired) electrons. The molecule has 0 aliphatic heterocycles. The van der Waals surface area contributed by atoms with Gasteiger partial charge in [0.05, 0.1) is 16.3 Å². The van der Waals surface area contributed by atoms with Gasteiger partial charge in [0.25, 0.3) is 5.91 Å². The molecule has 3 aromatic heterocycles. The lowest BCUT2D eigenvalue weighted by Gasteiger charge is -2.14. The molecule has 0 fully saturated rings. The number of carbonyl (C=O) groups excluding carboxylic acids is 2. The van der Waals surface area contributed by atoms with Gasteiger partial charge in [-0.3, -0.25) is 14.6 Å². The van der Waals surface area contributed by atoms with Crippen LogP contribution >= 0.6 is 11.3 Å². The highest BCUT2D eigenvalue weighted by Crippen LogP contribution is 2.28. The lowest BCUT2D eigenvalue weighted by molar-refractivity contribution is -0.114. The molecule has 9 heteroatoms. The van der Waals surface area contributed by atoms with E-state index in [-0.39, 0.29) is 17.9 Å². The van der Waals surface area contributed by atoms with E-state index in [0.29, 0.717) is 24.6 Å². The zero-order chi connectivity index (χ0) is 26.1. The number of benzene rings is 1. The molecule has 3 N–H and O–H groups in total. The van der Waals surface area contributed by atoms with Crippen molar-refractivity contribution in [3.05, 3.63) is 76.6 Å². The van der Waals surface area contributed by atoms with Crippen molar-refractivity contribution in [2.24, 2.45) is 0 Å². The first-order valence-electron chi connectivity index (χ1n) is 12.0. The Kier molecular flexibility index (Phi) is 9.46. The van der Waals surface area contributed by atoms with Crippen LogP contribution < -0.4 is 16.0 Å². The molecular weight excluding hydrogens is 472 g/mol. The van der Waals surface area contributed by atoms with E-state index in [0.717, 1.165) is 31.9 Å². The highest BCUT2D eigenvalue weighted by atomic mass is 32.1. The highest BCUT2D eigenvalue weighted by Gasteiger charge is 2.18. The standard InChI is InChI=1S/C25H26N6O2S.C2H6/c1-15-13-21-23(34-15)22(31-25(30-21)28-16(2)19-5-4-11-26-14-19)24(33)27-12-10-18-6-8-20(9-7-18)29-17(3)32;1-2/h4-9,11,13-14,16H,10,12H2,1-3H3,(H,27,33)(H,29,32)(H,28,30,31);1-2H3. The molecule has 4 rings (SSSR count). The van der Waals surface area contributed by atoms with Crippen molar-refractivity contribution in [1.82, 2.24) is 20.3 Å². The molecule has 36 heavy (non-hydrogen) atoms. The number of hydrogen-bond acceptors (Lipinski definition) is 7. The molecule has 2 amide bonds. The zero-order valence-corrected chi connectivity index (χ0v) is 22.1. The van der Waals surface area contributed by atoms with Crippen LogP contribution in [-0.4, -0.2) is 33.3 Å². The van der Waals surface area contributed by atoms with Crippen molar-refractivity contribution in [2.75, 3.05) is 17.2 Å². The van der Waals surface area contributed by atoms with Crippen LogP contribution in [0.15, 0.2) is 54.9 Å². The quantitative estimate of drug-likeness (QED) is 0.291. The SMILES string of the molecule is CC.CC(=O)Nc1ccc(CCNC(=O)c2nc(NC(C)c3cccnc3)nc3cc(C)sc23)cc1. The van der Waals surface area contributed by atoms with E-state index in [1.165, 1.54) is 18.3 Å². The van der Waals surface area contributed by atoms with Crippen LogP contribution in [0, 0.1) is 6.92 Å². The van der Waals surface area contributed by atoms with Gasteiger partial charge in [-0.15, -0.1) is 11.3 Å². The van der Waals surface area contributed by atoms with E-state index < -0.39 is 0 Å². The molecule has 3 heterocycles. The van der Waals surface area contributed by atoms with Crippen LogP contribution in [0.25, 0.3) is 10.2 Å². The number of aryl methyl sites for hydroxylation is 1. The average molecular weight is 505 g/mol. The molecule has 0 bridgehead atoms. The molecule has 0 aliphatic carbocycles. The summed E-state index contributed by atoms with van der Waals surface area (Å²) in [4.78, 5) is 38.6. The van der Waals surface area contributed by atoms with Crippen LogP contribution in [0.4, 0.5) is 11.6 Å². The Labute approximate surface area is 215 Å². The highest BCUT2D eigenvalue weighted by molar-refractivity contribution is 7.19. The van der Waals surface area contributed by atoms with Crippen molar-refractivity contribution < 1.29 is 9.59 Å². The molecule has 1 atom stereocenters. The van der Waals surface area contributed by atoms with Gasteiger partial charge in [0.1, 0.15) is 0 Å². The van der Waals surface area contributed by atoms with Crippen molar-refractivity contribution in [3.63, 3.8) is 0 Å². The molecule has 4 aromatic rings. The predicted octanol–water partition coefficient (Wildman–Crippen LogP) is 5.52. The smallest absolute Gasteiger partial charge is 0.271 e. The van der Waals surface area contributed by atoms with Crippen LogP contribution in [0.1, 0.15) is 60.2 Å². The second-order valence-electron chi connectivity index (χ2n) is 8.00. The number of nitrogens with zero attached hydrogens (tertiary/aromatic N) is 3. The third-order valence-electron chi connectivity index (χ3n) is 5.21. The van der Waals surface area contributed by atoms with E-state index in [4.69, 9.17) is 0 Å². The van der Waals surface area contributed by atoms with Crippen LogP contribution in [0.5, 0.6) is 0 Å². The molecule has 0 saturated heterocycles. The van der Waals surface area contributed by atoms with E-state index in [9.17, 15) is 9.59 Å². The number of thiophene rings is 1. The van der Waals surface area contributed by atoms with Crippen molar-refractivity contribution in [3.8, 4) is 0 Å². The van der Waals surface area contributed by atoms with Gasteiger partial charge in [-0.1, -0.05) is 32.0 Å². The summed E-state index contributed by atoms with van der Waals surface area (Å²) in [6.45, 7) is 9.93. The summed E-state index contributed by atoms with van der Waals surface area (Å²) in [6, 6.07) is 13.3. The number of carbonyl (C=O) groups is 2. The van der Waals surface area contributed by atoms with E-state index in [1.54, 1.807) is 12.4 Å². The fourth-order valence-corrected chi connectivity index (χ4v) is 4.48. The third-order valence-corrected chi connectivity index (χ3v) is 6.26. The molecule has 8 nitrogen and oxygen atoms in total. The second-order valence-corrected chi connectivity index (χ2v) is 9.26. The first kappa shape index (κ1) is 26.7. The molecular formula is C27H32N6O2S. The molecule has 188 valence electrons. The number of hydrogen-bond donors (Lipinski definition) is 3. The van der Waals surface area contributed by atoms with Gasteiger partial charge in [0.2, 0.25) is 11.9 Å². The van der Waals surface area contributed by atoms with E-state index in [1.807, 2.05) is 70.2 Å². The van der Waals surface area contributed by atoms with Crippen molar-refractivity contribution in [2.45, 2.75) is 47.1 Å². The third kappa shape index (κ3) is 7.08. The monoisotopic (exact) mass is 504 g/mol. The average Bonchev–Trinajstić information content (AvgIpc) is 3.26. The minimum atomic E-state index is -0.235. The Bertz CT molecular complexity index is 1310. The fraction of sp³-hybridized carbons (Fsp3) is 0.296.